The molecule has 10 heteroatoms. The topological polar surface area (TPSA) is 133 Å². The first kappa shape index (κ1) is 24.0. The number of aromatic amines is 1. The fraction of sp³-hybridized carbons (Fsp3) is 0.538. The summed E-state index contributed by atoms with van der Waals surface area (Å²) < 4.78 is 5.86. The highest BCUT2D eigenvalue weighted by Crippen LogP contribution is 2.38. The van der Waals surface area contributed by atoms with Crippen LogP contribution < -0.4 is 15.0 Å². The van der Waals surface area contributed by atoms with Crippen LogP contribution in [0.4, 0.5) is 5.82 Å². The van der Waals surface area contributed by atoms with Crippen LogP contribution in [-0.4, -0.2) is 56.8 Å². The zero-order chi connectivity index (χ0) is 25.2. The van der Waals surface area contributed by atoms with E-state index in [1.54, 1.807) is 12.3 Å². The number of rotatable bonds is 8. The van der Waals surface area contributed by atoms with Gasteiger partial charge < -0.3 is 15.0 Å². The molecule has 1 saturated heterocycles. The highest BCUT2D eigenvalue weighted by Gasteiger charge is 2.38. The number of hydrogen-bond acceptors (Lipinski definition) is 8. The summed E-state index contributed by atoms with van der Waals surface area (Å²) in [5, 5.41) is 20.8. The summed E-state index contributed by atoms with van der Waals surface area (Å²) in [5.74, 6) is 1.31. The number of anilines is 1. The molecule has 1 aliphatic heterocycles. The molecule has 0 radical (unpaired) electrons. The molecule has 3 aromatic heterocycles. The van der Waals surface area contributed by atoms with E-state index in [0.717, 1.165) is 49.1 Å². The van der Waals surface area contributed by atoms with Crippen LogP contribution >= 0.6 is 0 Å². The Bertz CT molecular complexity index is 1270. The lowest BCUT2D eigenvalue weighted by Gasteiger charge is -2.32. The van der Waals surface area contributed by atoms with E-state index >= 15 is 0 Å². The Hall–Kier alpha value is -3.74. The highest BCUT2D eigenvalue weighted by molar-refractivity contribution is 5.93. The second kappa shape index (κ2) is 10.1. The smallest absolute Gasteiger partial charge is 0.319 e. The van der Waals surface area contributed by atoms with Crippen LogP contribution in [0.25, 0.3) is 11.0 Å². The molecule has 188 valence electrons. The normalized spacial score (nSPS) is 20.8. The first-order valence-corrected chi connectivity index (χ1v) is 12.7. The second-order valence-electron chi connectivity index (χ2n) is 10.2. The van der Waals surface area contributed by atoms with Gasteiger partial charge in [0.1, 0.15) is 11.5 Å². The third-order valence-electron chi connectivity index (χ3n) is 7.37. The Morgan fingerprint density at radius 3 is 2.83 bits per heavy atom. The van der Waals surface area contributed by atoms with E-state index in [4.69, 9.17) is 10.00 Å². The van der Waals surface area contributed by atoms with E-state index in [0.29, 0.717) is 30.0 Å². The van der Waals surface area contributed by atoms with Gasteiger partial charge in [-0.15, -0.1) is 0 Å². The Balaban J connectivity index is 1.32. The molecule has 1 unspecified atom stereocenters. The van der Waals surface area contributed by atoms with E-state index in [9.17, 15) is 4.79 Å². The van der Waals surface area contributed by atoms with Gasteiger partial charge in [-0.3, -0.25) is 9.89 Å². The lowest BCUT2D eigenvalue weighted by atomic mass is 9.92. The number of piperidine rings is 1. The largest absolute Gasteiger partial charge is 0.463 e. The summed E-state index contributed by atoms with van der Waals surface area (Å²) in [5.41, 5.74) is 2.17. The standard InChI is InChI=1S/C26H32N8O2/c1-15(2)16(3)29-25(35)21-12-22(31-26(30-21)36-14-19-11-18(19)13-27)34-9-6-17(7-10-34)23-20-5-4-8-28-24(20)33-32-23/h4-5,8,12,15-19H,6-7,9-11,14H2,1-3H3,(H,29,35)(H,28,32,33)/t16-,18?,19-/m1/s1. The van der Waals surface area contributed by atoms with Crippen molar-refractivity contribution in [2.24, 2.45) is 17.8 Å². The van der Waals surface area contributed by atoms with E-state index in [-0.39, 0.29) is 29.8 Å². The third-order valence-corrected chi connectivity index (χ3v) is 7.37. The SMILES string of the molecule is CC(C)[C@@H](C)NC(=O)c1cc(N2CCC(c3n[nH]c4ncccc34)CC2)nc(OC[C@H]2CC2C#N)n1. The molecular formula is C26H32N8O2. The highest BCUT2D eigenvalue weighted by atomic mass is 16.5. The van der Waals surface area contributed by atoms with Crippen LogP contribution in [0, 0.1) is 29.1 Å². The number of amides is 1. The van der Waals surface area contributed by atoms with Crippen LogP contribution in [0.3, 0.4) is 0 Å². The van der Waals surface area contributed by atoms with Crippen molar-refractivity contribution in [3.05, 3.63) is 35.8 Å². The molecule has 1 aliphatic carbocycles. The van der Waals surface area contributed by atoms with Crippen LogP contribution in [-0.2, 0) is 0 Å². The maximum absolute atomic E-state index is 13.0. The van der Waals surface area contributed by atoms with Crippen molar-refractivity contribution in [3.8, 4) is 12.1 Å². The molecule has 0 aromatic carbocycles. The predicted octanol–water partition coefficient (Wildman–Crippen LogP) is 3.44. The Labute approximate surface area is 210 Å². The van der Waals surface area contributed by atoms with Gasteiger partial charge in [0.25, 0.3) is 5.91 Å². The molecule has 2 aliphatic rings. The first-order valence-electron chi connectivity index (χ1n) is 12.7. The van der Waals surface area contributed by atoms with Crippen molar-refractivity contribution in [2.45, 2.75) is 52.0 Å². The van der Waals surface area contributed by atoms with E-state index in [1.165, 1.54) is 0 Å². The van der Waals surface area contributed by atoms with Gasteiger partial charge in [-0.25, -0.2) is 4.98 Å². The zero-order valence-electron chi connectivity index (χ0n) is 20.9. The molecule has 3 aromatic rings. The van der Waals surface area contributed by atoms with Gasteiger partial charge in [-0.1, -0.05) is 13.8 Å². The summed E-state index contributed by atoms with van der Waals surface area (Å²) in [4.78, 5) is 28.6. The molecule has 4 heterocycles. The quantitative estimate of drug-likeness (QED) is 0.493. The number of H-pyrrole nitrogens is 1. The number of carbonyl (C=O) groups excluding carboxylic acids is 1. The van der Waals surface area contributed by atoms with Crippen LogP contribution in [0.5, 0.6) is 6.01 Å². The van der Waals surface area contributed by atoms with E-state index < -0.39 is 0 Å². The average Bonchev–Trinajstić information content (AvgIpc) is 3.54. The molecule has 1 saturated carbocycles. The van der Waals surface area contributed by atoms with Gasteiger partial charge in [0.2, 0.25) is 0 Å². The molecule has 3 atom stereocenters. The Morgan fingerprint density at radius 2 is 2.11 bits per heavy atom. The van der Waals surface area contributed by atoms with Crippen LogP contribution in [0.2, 0.25) is 0 Å². The number of ether oxygens (including phenoxy) is 1. The van der Waals surface area contributed by atoms with Gasteiger partial charge in [0.05, 0.1) is 24.3 Å². The fourth-order valence-corrected chi connectivity index (χ4v) is 4.54. The number of carbonyl (C=O) groups is 1. The second-order valence-corrected chi connectivity index (χ2v) is 10.2. The van der Waals surface area contributed by atoms with Crippen molar-refractivity contribution in [1.29, 1.82) is 5.26 Å². The summed E-state index contributed by atoms with van der Waals surface area (Å²) in [6, 6.07) is 8.21. The summed E-state index contributed by atoms with van der Waals surface area (Å²) in [7, 11) is 0. The number of fused-ring (bicyclic) bond motifs is 1. The molecule has 10 nitrogen and oxygen atoms in total. The number of pyridine rings is 1. The molecule has 1 amide bonds. The molecular weight excluding hydrogens is 456 g/mol. The number of nitriles is 1. The van der Waals surface area contributed by atoms with Crippen LogP contribution in [0.1, 0.15) is 62.1 Å². The monoisotopic (exact) mass is 488 g/mol. The number of nitrogens with one attached hydrogen (secondary N) is 2. The van der Waals surface area contributed by atoms with Crippen molar-refractivity contribution in [2.75, 3.05) is 24.6 Å². The number of hydrogen-bond donors (Lipinski definition) is 2. The minimum absolute atomic E-state index is 0.0112. The van der Waals surface area contributed by atoms with Crippen LogP contribution in [0.15, 0.2) is 24.4 Å². The maximum atomic E-state index is 13.0. The van der Waals surface area contributed by atoms with Crippen molar-refractivity contribution < 1.29 is 9.53 Å². The van der Waals surface area contributed by atoms with Crippen molar-refractivity contribution in [3.63, 3.8) is 0 Å². The molecule has 5 rings (SSSR count). The van der Waals surface area contributed by atoms with Crippen molar-refractivity contribution in [1.82, 2.24) is 30.5 Å². The van der Waals surface area contributed by atoms with Gasteiger partial charge in [-0.2, -0.15) is 20.3 Å². The first-order chi connectivity index (χ1) is 17.4. The lowest BCUT2D eigenvalue weighted by Crippen LogP contribution is -2.37. The van der Waals surface area contributed by atoms with Gasteiger partial charge in [0.15, 0.2) is 5.65 Å². The molecule has 0 spiro atoms. The molecule has 36 heavy (non-hydrogen) atoms. The van der Waals surface area contributed by atoms with Gasteiger partial charge >= 0.3 is 6.01 Å². The molecule has 2 N–H and O–H groups in total. The predicted molar refractivity (Wildman–Crippen MR) is 135 cm³/mol. The summed E-state index contributed by atoms with van der Waals surface area (Å²) in [6.07, 6.45) is 4.42. The van der Waals surface area contributed by atoms with E-state index in [2.05, 4.69) is 61.3 Å². The Morgan fingerprint density at radius 1 is 1.31 bits per heavy atom. The van der Waals surface area contributed by atoms with Gasteiger partial charge in [0, 0.05) is 48.6 Å². The lowest BCUT2D eigenvalue weighted by molar-refractivity contribution is 0.0923. The van der Waals surface area contributed by atoms with E-state index in [1.807, 2.05) is 13.0 Å². The zero-order valence-corrected chi connectivity index (χ0v) is 20.9. The number of aromatic nitrogens is 5. The summed E-state index contributed by atoms with van der Waals surface area (Å²) >= 11 is 0. The number of nitrogens with zero attached hydrogens (tertiary/aromatic N) is 6. The minimum Gasteiger partial charge on any atom is -0.463 e. The molecule has 2 fully saturated rings. The average molecular weight is 489 g/mol. The minimum atomic E-state index is -0.239. The maximum Gasteiger partial charge on any atom is 0.319 e. The third kappa shape index (κ3) is 5.10. The van der Waals surface area contributed by atoms with Gasteiger partial charge in [-0.05, 0) is 44.2 Å². The summed E-state index contributed by atoms with van der Waals surface area (Å²) in [6.45, 7) is 8.05. The molecule has 0 bridgehead atoms. The Kier molecular flexibility index (Phi) is 6.72. The van der Waals surface area contributed by atoms with Crippen molar-refractivity contribution >= 4 is 22.8 Å². The fourth-order valence-electron chi connectivity index (χ4n) is 4.54.